The quantitative estimate of drug-likeness (QED) is 0.439. The van der Waals surface area contributed by atoms with Crippen LogP contribution in [0.4, 0.5) is 0 Å². The minimum Gasteiger partial charge on any atom is -0.481 e. The Bertz CT molecular complexity index is 946. The normalized spacial score (nSPS) is 40.0. The summed E-state index contributed by atoms with van der Waals surface area (Å²) >= 11 is 0. The van der Waals surface area contributed by atoms with E-state index in [1.165, 1.54) is 16.7 Å². The number of hydrogen-bond donors (Lipinski definition) is 1. The van der Waals surface area contributed by atoms with Crippen LogP contribution in [0, 0.1) is 39.4 Å². The van der Waals surface area contributed by atoms with Crippen LogP contribution < -0.4 is 0 Å². The van der Waals surface area contributed by atoms with E-state index in [0.29, 0.717) is 18.1 Å². The van der Waals surface area contributed by atoms with Gasteiger partial charge in [0.1, 0.15) is 5.78 Å². The van der Waals surface area contributed by atoms with Gasteiger partial charge in [0.2, 0.25) is 0 Å². The van der Waals surface area contributed by atoms with E-state index < -0.39 is 5.97 Å². The average molecular weight is 453 g/mol. The Hall–Kier alpha value is -1.64. The number of carboxylic acid groups (broad SMARTS) is 1. The van der Waals surface area contributed by atoms with Gasteiger partial charge in [-0.2, -0.15) is 0 Å². The monoisotopic (exact) mass is 452 g/mol. The fourth-order valence-corrected chi connectivity index (χ4v) is 8.54. The number of allylic oxidation sites excluding steroid dienone is 6. The molecule has 3 heteroatoms. The van der Waals surface area contributed by atoms with Crippen LogP contribution in [0.5, 0.6) is 0 Å². The summed E-state index contributed by atoms with van der Waals surface area (Å²) in [6.45, 7) is 15.7. The molecular weight excluding hydrogens is 408 g/mol. The van der Waals surface area contributed by atoms with E-state index in [1.54, 1.807) is 0 Å². The molecule has 4 aliphatic rings. The molecule has 33 heavy (non-hydrogen) atoms. The number of carbonyl (C=O) groups is 2. The van der Waals surface area contributed by atoms with Gasteiger partial charge in [0.25, 0.3) is 0 Å². The highest BCUT2D eigenvalue weighted by molar-refractivity contribution is 5.86. The van der Waals surface area contributed by atoms with Crippen LogP contribution in [0.2, 0.25) is 0 Å². The van der Waals surface area contributed by atoms with Gasteiger partial charge in [-0.3, -0.25) is 9.59 Å². The average Bonchev–Trinajstić information content (AvgIpc) is 3.00. The van der Waals surface area contributed by atoms with Crippen molar-refractivity contribution in [2.45, 2.75) is 99.8 Å². The number of rotatable bonds is 5. The lowest BCUT2D eigenvalue weighted by Crippen LogP contribution is -2.53. The Morgan fingerprint density at radius 1 is 1.12 bits per heavy atom. The number of carboxylic acids is 1. The van der Waals surface area contributed by atoms with Crippen LogP contribution in [0.3, 0.4) is 0 Å². The van der Waals surface area contributed by atoms with Crippen LogP contribution in [-0.4, -0.2) is 16.9 Å². The van der Waals surface area contributed by atoms with Crippen LogP contribution in [-0.2, 0) is 9.59 Å². The molecule has 6 atom stereocenters. The van der Waals surface area contributed by atoms with E-state index in [-0.39, 0.29) is 33.5 Å². The fraction of sp³-hybridized carbons (Fsp3) is 0.733. The maximum absolute atomic E-state index is 12.8. The van der Waals surface area contributed by atoms with Crippen molar-refractivity contribution in [2.24, 2.45) is 39.4 Å². The molecule has 3 nitrogen and oxygen atoms in total. The molecule has 0 heterocycles. The standard InChI is InChI=1S/C30H44O3/c1-19(2)9-8-10-20(26(32)33)21-13-17-30(7)23-11-12-24-27(3,4)25(31)15-16-28(24,5)22(23)14-18-29(21,30)6/h9,11,14,20-21,24H,8,10,12-13,15-18H2,1-7H3,(H,32,33)/t20?,21-,24-,28+,29-,30+/m0/s1. The van der Waals surface area contributed by atoms with Gasteiger partial charge in [0.15, 0.2) is 0 Å². The summed E-state index contributed by atoms with van der Waals surface area (Å²) in [5, 5.41) is 10.2. The molecule has 1 unspecified atom stereocenters. The topological polar surface area (TPSA) is 54.4 Å². The second-order valence-corrected chi connectivity index (χ2v) is 13.0. The van der Waals surface area contributed by atoms with E-state index in [4.69, 9.17) is 0 Å². The summed E-state index contributed by atoms with van der Waals surface area (Å²) in [7, 11) is 0. The summed E-state index contributed by atoms with van der Waals surface area (Å²) < 4.78 is 0. The first-order chi connectivity index (χ1) is 15.3. The highest BCUT2D eigenvalue weighted by Gasteiger charge is 2.63. The smallest absolute Gasteiger partial charge is 0.306 e. The Morgan fingerprint density at radius 2 is 1.82 bits per heavy atom. The van der Waals surface area contributed by atoms with E-state index in [1.807, 2.05) is 0 Å². The second-order valence-electron chi connectivity index (χ2n) is 13.0. The number of hydrogen-bond acceptors (Lipinski definition) is 2. The molecule has 4 rings (SSSR count). The van der Waals surface area contributed by atoms with Crippen molar-refractivity contribution < 1.29 is 14.7 Å². The van der Waals surface area contributed by atoms with Gasteiger partial charge in [-0.05, 0) is 98.0 Å². The molecule has 2 saturated carbocycles. The molecule has 182 valence electrons. The second kappa shape index (κ2) is 7.95. The zero-order valence-electron chi connectivity index (χ0n) is 21.9. The van der Waals surface area contributed by atoms with E-state index in [0.717, 1.165) is 44.9 Å². The summed E-state index contributed by atoms with van der Waals surface area (Å²) in [6.07, 6.45) is 14.3. The van der Waals surface area contributed by atoms with Crippen LogP contribution in [0.15, 0.2) is 34.9 Å². The molecule has 0 spiro atoms. The third-order valence-electron chi connectivity index (χ3n) is 10.9. The van der Waals surface area contributed by atoms with E-state index in [2.05, 4.69) is 66.7 Å². The van der Waals surface area contributed by atoms with Crippen molar-refractivity contribution in [3.8, 4) is 0 Å². The zero-order chi connectivity index (χ0) is 24.4. The molecule has 0 amide bonds. The van der Waals surface area contributed by atoms with E-state index in [9.17, 15) is 14.7 Å². The van der Waals surface area contributed by atoms with Crippen molar-refractivity contribution in [1.29, 1.82) is 0 Å². The molecule has 2 fully saturated rings. The number of carbonyl (C=O) groups excluding carboxylic acids is 1. The van der Waals surface area contributed by atoms with Gasteiger partial charge in [-0.15, -0.1) is 0 Å². The molecule has 0 bridgehead atoms. The largest absolute Gasteiger partial charge is 0.481 e. The lowest BCUT2D eigenvalue weighted by Gasteiger charge is -2.59. The molecule has 0 aromatic carbocycles. The van der Waals surface area contributed by atoms with Gasteiger partial charge >= 0.3 is 5.97 Å². The van der Waals surface area contributed by atoms with Gasteiger partial charge in [-0.1, -0.05) is 58.4 Å². The molecule has 0 aromatic rings. The number of ketones is 1. The van der Waals surface area contributed by atoms with Crippen molar-refractivity contribution in [3.05, 3.63) is 34.9 Å². The molecular formula is C30H44O3. The van der Waals surface area contributed by atoms with Crippen molar-refractivity contribution in [3.63, 3.8) is 0 Å². The van der Waals surface area contributed by atoms with Crippen molar-refractivity contribution in [1.82, 2.24) is 0 Å². The highest BCUT2D eigenvalue weighted by atomic mass is 16.4. The minimum atomic E-state index is -0.625. The maximum Gasteiger partial charge on any atom is 0.306 e. The number of aliphatic carboxylic acids is 1. The van der Waals surface area contributed by atoms with Gasteiger partial charge in [-0.25, -0.2) is 0 Å². The van der Waals surface area contributed by atoms with Gasteiger partial charge in [0.05, 0.1) is 5.92 Å². The number of Topliss-reactive ketones (excluding diaryl/α,β-unsaturated/α-hetero) is 1. The Morgan fingerprint density at radius 3 is 2.45 bits per heavy atom. The Kier molecular flexibility index (Phi) is 5.90. The van der Waals surface area contributed by atoms with Crippen LogP contribution in [0.25, 0.3) is 0 Å². The SMILES string of the molecule is CC(C)=CCCC(C(=O)O)[C@@H]1CC[C@]2(C)C3=CC[C@H]4C(C)(C)C(=O)CC[C@]4(C)C3=CC[C@@]12C. The first-order valence-electron chi connectivity index (χ1n) is 13.1. The fourth-order valence-electron chi connectivity index (χ4n) is 8.54. The molecule has 0 aromatic heterocycles. The summed E-state index contributed by atoms with van der Waals surface area (Å²) in [6, 6.07) is 0. The zero-order valence-corrected chi connectivity index (χ0v) is 21.9. The predicted molar refractivity (Wildman–Crippen MR) is 134 cm³/mol. The Labute approximate surface area is 200 Å². The molecule has 4 aliphatic carbocycles. The first kappa shape index (κ1) is 24.5. The Balaban J connectivity index is 1.71. The summed E-state index contributed by atoms with van der Waals surface area (Å²) in [4.78, 5) is 25.2. The lowest BCUT2D eigenvalue weighted by atomic mass is 9.44. The van der Waals surface area contributed by atoms with E-state index >= 15 is 0 Å². The van der Waals surface area contributed by atoms with Gasteiger partial charge < -0.3 is 5.11 Å². The number of fused-ring (bicyclic) bond motifs is 5. The van der Waals surface area contributed by atoms with Crippen molar-refractivity contribution >= 4 is 11.8 Å². The third-order valence-corrected chi connectivity index (χ3v) is 10.9. The lowest BCUT2D eigenvalue weighted by molar-refractivity contribution is -0.146. The minimum absolute atomic E-state index is 0.00550. The summed E-state index contributed by atoms with van der Waals surface area (Å²) in [5.74, 6) is 0.0398. The predicted octanol–water partition coefficient (Wildman–Crippen LogP) is 7.53. The molecule has 0 aliphatic heterocycles. The van der Waals surface area contributed by atoms with Crippen LogP contribution >= 0.6 is 0 Å². The van der Waals surface area contributed by atoms with Crippen LogP contribution in [0.1, 0.15) is 99.8 Å². The summed E-state index contributed by atoms with van der Waals surface area (Å²) in [5.41, 5.74) is 3.95. The maximum atomic E-state index is 12.8. The third kappa shape index (κ3) is 3.43. The van der Waals surface area contributed by atoms with Crippen molar-refractivity contribution in [2.75, 3.05) is 0 Å². The molecule has 0 saturated heterocycles. The highest BCUT2D eigenvalue weighted by Crippen LogP contribution is 2.71. The van der Waals surface area contributed by atoms with Gasteiger partial charge in [0, 0.05) is 11.8 Å². The molecule has 0 radical (unpaired) electrons. The molecule has 1 N–H and O–H groups in total. The first-order valence-corrected chi connectivity index (χ1v) is 13.1.